The van der Waals surface area contributed by atoms with Crippen molar-refractivity contribution in [1.29, 1.82) is 0 Å². The smallest absolute Gasteiger partial charge is 0.223 e. The number of ether oxygens (including phenoxy) is 1. The molecule has 1 aliphatic heterocycles. The lowest BCUT2D eigenvalue weighted by Crippen LogP contribution is -2.41. The van der Waals surface area contributed by atoms with E-state index in [0.717, 1.165) is 37.5 Å². The molecule has 0 saturated carbocycles. The number of aromatic nitrogens is 5. The molecule has 4 rings (SSSR count). The van der Waals surface area contributed by atoms with Crippen LogP contribution in [0, 0.1) is 5.92 Å². The van der Waals surface area contributed by atoms with Gasteiger partial charge in [-0.15, -0.1) is 0 Å². The van der Waals surface area contributed by atoms with E-state index in [1.807, 2.05) is 36.4 Å². The van der Waals surface area contributed by atoms with Gasteiger partial charge in [0.05, 0.1) is 6.54 Å². The number of carbonyl (C=O) groups excluding carboxylic acids is 1. The van der Waals surface area contributed by atoms with Gasteiger partial charge in [0.25, 0.3) is 0 Å². The minimum Gasteiger partial charge on any atom is -0.492 e. The van der Waals surface area contributed by atoms with Crippen LogP contribution < -0.4 is 15.0 Å². The summed E-state index contributed by atoms with van der Waals surface area (Å²) in [7, 11) is 0. The second-order valence-electron chi connectivity index (χ2n) is 6.79. The predicted molar refractivity (Wildman–Crippen MR) is 107 cm³/mol. The maximum atomic E-state index is 12.4. The first-order chi connectivity index (χ1) is 14.3. The average Bonchev–Trinajstić information content (AvgIpc) is 3.33. The quantitative estimate of drug-likeness (QED) is 0.607. The Morgan fingerprint density at radius 1 is 1.10 bits per heavy atom. The summed E-state index contributed by atoms with van der Waals surface area (Å²) in [5.74, 6) is 2.42. The summed E-state index contributed by atoms with van der Waals surface area (Å²) in [5, 5.41) is 7.07. The summed E-state index contributed by atoms with van der Waals surface area (Å²) in [6.45, 7) is 2.50. The topological polar surface area (TPSA) is 98.1 Å². The Kier molecular flexibility index (Phi) is 5.94. The summed E-state index contributed by atoms with van der Waals surface area (Å²) in [4.78, 5) is 27.1. The van der Waals surface area contributed by atoms with E-state index in [4.69, 9.17) is 4.74 Å². The third-order valence-electron chi connectivity index (χ3n) is 4.89. The molecule has 0 atom stereocenters. The van der Waals surface area contributed by atoms with Crippen molar-refractivity contribution in [3.63, 3.8) is 0 Å². The zero-order chi connectivity index (χ0) is 19.9. The molecule has 0 bridgehead atoms. The lowest BCUT2D eigenvalue weighted by Gasteiger charge is -2.32. The van der Waals surface area contributed by atoms with Crippen molar-refractivity contribution in [2.24, 2.45) is 5.92 Å². The van der Waals surface area contributed by atoms with Crippen LogP contribution >= 0.6 is 0 Å². The number of hydrogen-bond donors (Lipinski definition) is 1. The molecule has 3 heterocycles. The molecule has 1 fully saturated rings. The van der Waals surface area contributed by atoms with Crippen LogP contribution in [-0.4, -0.2) is 56.9 Å². The fourth-order valence-corrected chi connectivity index (χ4v) is 3.34. The molecule has 29 heavy (non-hydrogen) atoms. The normalized spacial score (nSPS) is 14.6. The molecule has 0 radical (unpaired) electrons. The molecule has 3 aromatic rings. The highest BCUT2D eigenvalue weighted by atomic mass is 16.5. The third kappa shape index (κ3) is 4.87. The van der Waals surface area contributed by atoms with Crippen LogP contribution in [0.15, 0.2) is 55.4 Å². The van der Waals surface area contributed by atoms with E-state index >= 15 is 0 Å². The minimum atomic E-state index is 0.0135. The second kappa shape index (κ2) is 9.13. The minimum absolute atomic E-state index is 0.0135. The molecule has 1 amide bonds. The van der Waals surface area contributed by atoms with Gasteiger partial charge in [-0.2, -0.15) is 5.10 Å². The number of anilines is 1. The van der Waals surface area contributed by atoms with Gasteiger partial charge in [-0.3, -0.25) is 4.79 Å². The van der Waals surface area contributed by atoms with E-state index in [-0.39, 0.29) is 11.8 Å². The average molecular weight is 393 g/mol. The van der Waals surface area contributed by atoms with Gasteiger partial charge in [-0.25, -0.2) is 19.6 Å². The van der Waals surface area contributed by atoms with Crippen molar-refractivity contribution in [2.45, 2.75) is 12.8 Å². The summed E-state index contributed by atoms with van der Waals surface area (Å²) >= 11 is 0. The molecular formula is C20H23N7O2. The van der Waals surface area contributed by atoms with Gasteiger partial charge in [0.2, 0.25) is 5.91 Å². The van der Waals surface area contributed by atoms with Gasteiger partial charge in [-0.1, -0.05) is 18.2 Å². The van der Waals surface area contributed by atoms with Crippen molar-refractivity contribution in [3.05, 3.63) is 55.4 Å². The Morgan fingerprint density at radius 3 is 2.66 bits per heavy atom. The number of rotatable bonds is 7. The van der Waals surface area contributed by atoms with Crippen LogP contribution in [0.1, 0.15) is 12.8 Å². The van der Waals surface area contributed by atoms with E-state index in [9.17, 15) is 4.79 Å². The molecule has 0 spiro atoms. The highest BCUT2D eigenvalue weighted by Crippen LogP contribution is 2.22. The highest BCUT2D eigenvalue weighted by Gasteiger charge is 2.25. The summed E-state index contributed by atoms with van der Waals surface area (Å²) in [6, 6.07) is 11.5. The number of para-hydroxylation sites is 1. The van der Waals surface area contributed by atoms with Crippen molar-refractivity contribution in [3.8, 4) is 11.6 Å². The molecule has 1 aromatic carbocycles. The van der Waals surface area contributed by atoms with Crippen molar-refractivity contribution in [2.75, 3.05) is 31.1 Å². The third-order valence-corrected chi connectivity index (χ3v) is 4.89. The molecular weight excluding hydrogens is 370 g/mol. The van der Waals surface area contributed by atoms with E-state index in [0.29, 0.717) is 19.0 Å². The Morgan fingerprint density at radius 2 is 1.90 bits per heavy atom. The van der Waals surface area contributed by atoms with E-state index in [2.05, 4.69) is 30.3 Å². The summed E-state index contributed by atoms with van der Waals surface area (Å²) in [6.07, 6.45) is 6.17. The van der Waals surface area contributed by atoms with Gasteiger partial charge < -0.3 is 15.0 Å². The predicted octanol–water partition coefficient (Wildman–Crippen LogP) is 1.47. The Balaban J connectivity index is 1.23. The number of carbonyl (C=O) groups is 1. The van der Waals surface area contributed by atoms with Crippen molar-refractivity contribution < 1.29 is 9.53 Å². The van der Waals surface area contributed by atoms with E-state index < -0.39 is 0 Å². The first-order valence-corrected chi connectivity index (χ1v) is 9.67. The molecule has 9 heteroatoms. The Hall–Kier alpha value is -3.49. The first-order valence-electron chi connectivity index (χ1n) is 9.67. The number of nitrogens with zero attached hydrogens (tertiary/aromatic N) is 6. The van der Waals surface area contributed by atoms with Crippen molar-refractivity contribution in [1.82, 2.24) is 30.0 Å². The Labute approximate surface area is 168 Å². The lowest BCUT2D eigenvalue weighted by molar-refractivity contribution is -0.125. The van der Waals surface area contributed by atoms with Gasteiger partial charge in [0, 0.05) is 25.1 Å². The van der Waals surface area contributed by atoms with Gasteiger partial charge in [-0.05, 0) is 25.0 Å². The van der Waals surface area contributed by atoms with Crippen LogP contribution in [0.2, 0.25) is 0 Å². The van der Waals surface area contributed by atoms with Crippen molar-refractivity contribution >= 4 is 11.7 Å². The molecule has 150 valence electrons. The molecule has 9 nitrogen and oxygen atoms in total. The zero-order valence-corrected chi connectivity index (χ0v) is 16.0. The maximum absolute atomic E-state index is 12.4. The van der Waals surface area contributed by atoms with Gasteiger partial charge in [0.15, 0.2) is 5.82 Å². The van der Waals surface area contributed by atoms with E-state index in [1.165, 1.54) is 12.7 Å². The number of hydrogen-bond acceptors (Lipinski definition) is 7. The summed E-state index contributed by atoms with van der Waals surface area (Å²) in [5.41, 5.74) is 0. The molecule has 2 aromatic heterocycles. The zero-order valence-electron chi connectivity index (χ0n) is 16.0. The monoisotopic (exact) mass is 393 g/mol. The van der Waals surface area contributed by atoms with Gasteiger partial charge >= 0.3 is 0 Å². The second-order valence-corrected chi connectivity index (χ2v) is 6.79. The highest BCUT2D eigenvalue weighted by molar-refractivity contribution is 5.78. The fourth-order valence-electron chi connectivity index (χ4n) is 3.34. The maximum Gasteiger partial charge on any atom is 0.223 e. The first kappa shape index (κ1) is 18.9. The number of benzene rings is 1. The van der Waals surface area contributed by atoms with E-state index in [1.54, 1.807) is 11.0 Å². The fraction of sp³-hybridized carbons (Fsp3) is 0.350. The summed E-state index contributed by atoms with van der Waals surface area (Å²) < 4.78 is 7.21. The van der Waals surface area contributed by atoms with Crippen LogP contribution in [-0.2, 0) is 4.79 Å². The Bertz CT molecular complexity index is 910. The SMILES string of the molecule is O=C(NCCOc1ccccc1)C1CCN(c2cc(-n3cncn3)ncn2)CC1. The number of piperidine rings is 1. The van der Waals surface area contributed by atoms with Gasteiger partial charge in [0.1, 0.15) is 37.2 Å². The van der Waals surface area contributed by atoms with Crippen LogP contribution in [0.25, 0.3) is 5.82 Å². The number of amides is 1. The lowest BCUT2D eigenvalue weighted by atomic mass is 9.96. The van der Waals surface area contributed by atoms with Crippen LogP contribution in [0.5, 0.6) is 5.75 Å². The molecule has 1 saturated heterocycles. The van der Waals surface area contributed by atoms with Crippen LogP contribution in [0.3, 0.4) is 0 Å². The van der Waals surface area contributed by atoms with Crippen LogP contribution in [0.4, 0.5) is 5.82 Å². The molecule has 1 N–H and O–H groups in total. The standard InChI is InChI=1S/C20H23N7O2/c28-20(22-8-11-29-17-4-2-1-3-5-17)16-6-9-26(10-7-16)18-12-19(24-14-23-18)27-15-21-13-25-27/h1-5,12-16H,6-11H2,(H,22,28). The molecule has 1 aliphatic rings. The molecule has 0 aliphatic carbocycles. The largest absolute Gasteiger partial charge is 0.492 e. The molecule has 0 unspecified atom stereocenters. The number of nitrogens with one attached hydrogen (secondary N) is 1.